The van der Waals surface area contributed by atoms with E-state index in [9.17, 15) is 0 Å². The van der Waals surface area contributed by atoms with E-state index in [1.165, 1.54) is 66.9 Å². The van der Waals surface area contributed by atoms with Gasteiger partial charge in [-0.1, -0.05) is 182 Å². The summed E-state index contributed by atoms with van der Waals surface area (Å²) in [5, 5.41) is 4.16. The van der Waals surface area contributed by atoms with Gasteiger partial charge in [0.2, 0.25) is 0 Å². The van der Waals surface area contributed by atoms with E-state index in [4.69, 9.17) is 13.8 Å². The van der Waals surface area contributed by atoms with Crippen LogP contribution in [0.1, 0.15) is 167 Å². The van der Waals surface area contributed by atoms with Crippen molar-refractivity contribution in [1.82, 2.24) is 14.5 Å². The number of hydrogen-bond donors (Lipinski definition) is 0. The summed E-state index contributed by atoms with van der Waals surface area (Å²) >= 11 is 0. The Morgan fingerprint density at radius 2 is 1.15 bits per heavy atom. The van der Waals surface area contributed by atoms with Crippen molar-refractivity contribution in [2.45, 2.75) is 156 Å². The Morgan fingerprint density at radius 1 is 0.536 bits per heavy atom. The quantitative estimate of drug-likeness (QED) is 0.149. The zero-order chi connectivity index (χ0) is 58.3. The molecule has 4 heterocycles. The summed E-state index contributed by atoms with van der Waals surface area (Å²) in [5.41, 5.74) is 24.8. The number of hydrogen-bond acceptors (Lipinski definition) is 4. The minimum absolute atomic E-state index is 0. The fourth-order valence-electron chi connectivity index (χ4n) is 15.0. The SMILES string of the molecule is CC(C)(C)c1ccnc(-c2[c-]cccc2)c1.CC(C)c1cc(-c2ccccc2)cc(C(C)C)c1-n1c(-c2[c-]ccc3c2oc2cc4c(cc23)oc2ccccc24)nc2ccc(-c3c4c(cc5c3C(C)(C)CC5(C)C)C(C)(C)CC4(C)C)cc21.[Ir]. The number of benzene rings is 8. The monoisotopic (exact) mass is 1280 g/mol. The summed E-state index contributed by atoms with van der Waals surface area (Å²) in [6.07, 6.45) is 4.09. The molecule has 0 fully saturated rings. The molecular weight excluding hydrogens is 1200 g/mol. The van der Waals surface area contributed by atoms with Gasteiger partial charge in [-0.3, -0.25) is 4.98 Å². The van der Waals surface area contributed by atoms with Crippen LogP contribution in [0.25, 0.3) is 105 Å². The number of pyridine rings is 1. The van der Waals surface area contributed by atoms with Gasteiger partial charge in [-0.05, 0) is 167 Å². The molecule has 12 aromatic rings. The number of imidazole rings is 1. The van der Waals surface area contributed by atoms with Gasteiger partial charge in [-0.25, -0.2) is 0 Å². The van der Waals surface area contributed by atoms with Crippen molar-refractivity contribution >= 4 is 54.9 Å². The minimum Gasteiger partial charge on any atom is -0.501 e. The van der Waals surface area contributed by atoms with Gasteiger partial charge in [0.25, 0.3) is 0 Å². The van der Waals surface area contributed by atoms with Crippen molar-refractivity contribution in [1.29, 1.82) is 0 Å². The molecule has 0 saturated heterocycles. The maximum atomic E-state index is 7.04. The van der Waals surface area contributed by atoms with Crippen molar-refractivity contribution in [3.8, 4) is 50.6 Å². The molecule has 6 heteroatoms. The average Bonchev–Trinajstić information content (AvgIpc) is 1.61. The Balaban J connectivity index is 0.000000354. The zero-order valence-electron chi connectivity index (χ0n) is 51.6. The molecule has 0 saturated carbocycles. The molecule has 0 bridgehead atoms. The van der Waals surface area contributed by atoms with Gasteiger partial charge < -0.3 is 18.4 Å². The molecule has 2 aliphatic carbocycles. The molecule has 0 atom stereocenters. The van der Waals surface area contributed by atoms with E-state index in [0.717, 1.165) is 90.4 Å². The first-order valence-corrected chi connectivity index (χ1v) is 30.0. The standard InChI is InChI=1S/C63H61N2O2.C15H16N.Ir/c1-35(2)43-27-39(37-19-14-13-15-20-37)28-44(36(3)4)57(43)65-50-29-38(54-55-47(60(5,6)33-62(55,9)10)32-48-56(54)63(11,12)34-61(48,7)8)25-26-49(50)64-59(65)42-23-18-22-41-46-31-52-45(30-53(46)67-58(41)42)40-21-16-17-24-51(40)66-52;1-15(2,3)13-9-10-16-14(11-13)12-7-5-4-6-8-12;/h13-22,24-32,35-36H,33-34H2,1-12H3;4-7,9-11H,1-3H3;/q2*-1;. The van der Waals surface area contributed by atoms with E-state index in [2.05, 4.69) is 235 Å². The number of para-hydroxylation sites is 1. The number of nitrogens with zero attached hydrogens (tertiary/aromatic N) is 3. The van der Waals surface area contributed by atoms with E-state index in [-0.39, 0.29) is 59.0 Å². The normalized spacial score (nSPS) is 15.7. The van der Waals surface area contributed by atoms with Crippen LogP contribution in [-0.2, 0) is 47.2 Å². The molecule has 5 nitrogen and oxygen atoms in total. The Bertz CT molecular complexity index is 4460. The largest absolute Gasteiger partial charge is 0.501 e. The summed E-state index contributed by atoms with van der Waals surface area (Å²) in [5.74, 6) is 1.26. The average molecular weight is 1280 g/mol. The van der Waals surface area contributed by atoms with Crippen molar-refractivity contribution in [2.75, 3.05) is 0 Å². The van der Waals surface area contributed by atoms with Crippen molar-refractivity contribution in [2.24, 2.45) is 0 Å². The predicted molar refractivity (Wildman–Crippen MR) is 347 cm³/mol. The van der Waals surface area contributed by atoms with Crippen LogP contribution in [0.5, 0.6) is 0 Å². The predicted octanol–water partition coefficient (Wildman–Crippen LogP) is 21.6. The van der Waals surface area contributed by atoms with Crippen LogP contribution >= 0.6 is 0 Å². The van der Waals surface area contributed by atoms with Crippen LogP contribution in [0.3, 0.4) is 0 Å². The van der Waals surface area contributed by atoms with Crippen molar-refractivity contribution in [3.05, 3.63) is 209 Å². The van der Waals surface area contributed by atoms with E-state index < -0.39 is 0 Å². The number of aromatic nitrogens is 3. The van der Waals surface area contributed by atoms with Gasteiger partial charge >= 0.3 is 0 Å². The summed E-state index contributed by atoms with van der Waals surface area (Å²) < 4.78 is 15.9. The maximum Gasteiger partial charge on any atom is 0.136 e. The van der Waals surface area contributed by atoms with Gasteiger partial charge in [0.1, 0.15) is 16.7 Å². The molecule has 0 N–H and O–H groups in total. The molecular formula is C78H77IrN3O2-2. The second-order valence-corrected chi connectivity index (χ2v) is 28.2. The van der Waals surface area contributed by atoms with Gasteiger partial charge in [0.15, 0.2) is 0 Å². The second kappa shape index (κ2) is 20.4. The summed E-state index contributed by atoms with van der Waals surface area (Å²) in [6, 6.07) is 61.2. The number of fused-ring (bicyclic) bond motifs is 9. The Labute approximate surface area is 510 Å². The Kier molecular flexibility index (Phi) is 13.9. The van der Waals surface area contributed by atoms with E-state index in [0.29, 0.717) is 0 Å². The zero-order valence-corrected chi connectivity index (χ0v) is 54.0. The van der Waals surface area contributed by atoms with Gasteiger partial charge in [0.05, 0.1) is 22.4 Å². The molecule has 0 aliphatic heterocycles. The number of rotatable bonds is 7. The molecule has 4 aromatic heterocycles. The van der Waals surface area contributed by atoms with E-state index in [1.807, 2.05) is 48.7 Å². The topological polar surface area (TPSA) is 57.0 Å². The van der Waals surface area contributed by atoms with E-state index >= 15 is 0 Å². The molecule has 8 aromatic carbocycles. The molecule has 1 radical (unpaired) electrons. The van der Waals surface area contributed by atoms with Crippen molar-refractivity contribution < 1.29 is 28.9 Å². The maximum absolute atomic E-state index is 7.04. The summed E-state index contributed by atoms with van der Waals surface area (Å²) in [7, 11) is 0. The molecule has 2 aliphatic rings. The molecule has 14 rings (SSSR count). The molecule has 0 spiro atoms. The van der Waals surface area contributed by atoms with Crippen LogP contribution in [0.15, 0.2) is 167 Å². The van der Waals surface area contributed by atoms with Crippen LogP contribution in [0.4, 0.5) is 0 Å². The first-order valence-electron chi connectivity index (χ1n) is 30.0. The van der Waals surface area contributed by atoms with Gasteiger partial charge in [0, 0.05) is 48.1 Å². The smallest absolute Gasteiger partial charge is 0.136 e. The third-order valence-electron chi connectivity index (χ3n) is 18.4. The van der Waals surface area contributed by atoms with Crippen LogP contribution in [0.2, 0.25) is 0 Å². The van der Waals surface area contributed by atoms with Gasteiger partial charge in [-0.2, -0.15) is 0 Å². The minimum atomic E-state index is -0.00547. The molecule has 0 amide bonds. The van der Waals surface area contributed by atoms with E-state index in [1.54, 1.807) is 0 Å². The first kappa shape index (κ1) is 57.1. The van der Waals surface area contributed by atoms with Crippen LogP contribution < -0.4 is 0 Å². The third-order valence-corrected chi connectivity index (χ3v) is 18.4. The Morgan fingerprint density at radius 3 is 1.79 bits per heavy atom. The van der Waals surface area contributed by atoms with Gasteiger partial charge in [-0.15, -0.1) is 54.1 Å². The summed E-state index contributed by atoms with van der Waals surface area (Å²) in [6.45, 7) is 35.7. The third kappa shape index (κ3) is 9.48. The first-order chi connectivity index (χ1) is 39.4. The van der Waals surface area contributed by atoms with Crippen molar-refractivity contribution in [3.63, 3.8) is 0 Å². The Hall–Kier alpha value is -7.37. The molecule has 0 unspecified atom stereocenters. The molecule has 84 heavy (non-hydrogen) atoms. The second-order valence-electron chi connectivity index (χ2n) is 28.2. The fourth-order valence-corrected chi connectivity index (χ4v) is 15.0. The fraction of sp³-hybridized carbons (Fsp3) is 0.308. The van der Waals surface area contributed by atoms with Crippen LogP contribution in [-0.4, -0.2) is 14.5 Å². The molecule has 427 valence electrons. The number of furan rings is 2. The van der Waals surface area contributed by atoms with Crippen LogP contribution in [0, 0.1) is 12.1 Å². The summed E-state index contributed by atoms with van der Waals surface area (Å²) in [4.78, 5) is 10.1.